The van der Waals surface area contributed by atoms with Crippen LogP contribution in [0.25, 0.3) is 0 Å². The summed E-state index contributed by atoms with van der Waals surface area (Å²) in [4.78, 5) is 46.9. The van der Waals surface area contributed by atoms with Gasteiger partial charge in [-0.1, -0.05) is 45.7 Å². The molecule has 2 aliphatic heterocycles. The Hall–Kier alpha value is -3.66. The predicted octanol–water partition coefficient (Wildman–Crippen LogP) is 4.57. The summed E-state index contributed by atoms with van der Waals surface area (Å²) in [5.41, 5.74) is 0.953. The van der Waals surface area contributed by atoms with E-state index in [1.807, 2.05) is 45.8 Å². The Kier molecular flexibility index (Phi) is 19.0. The molecule has 3 aliphatic rings. The van der Waals surface area contributed by atoms with Gasteiger partial charge in [-0.05, 0) is 84.9 Å². The summed E-state index contributed by atoms with van der Waals surface area (Å²) in [6.07, 6.45) is 1.72. The van der Waals surface area contributed by atoms with Gasteiger partial charge >= 0.3 is 5.97 Å². The fourth-order valence-electron chi connectivity index (χ4n) is 10.1. The molecule has 0 spiro atoms. The smallest absolute Gasteiger partial charge is 0.316 e. The molecule has 19 nitrogen and oxygen atoms in total. The van der Waals surface area contributed by atoms with Crippen LogP contribution in [0, 0.1) is 33.8 Å². The van der Waals surface area contributed by atoms with Gasteiger partial charge in [0.05, 0.1) is 47.2 Å². The largest absolute Gasteiger partial charge is 0.494 e. The highest BCUT2D eigenvalue weighted by atomic mass is 16.7. The monoisotopic (exact) mass is 933 g/mol. The number of non-ortho nitro benzene ring substituents is 1. The Morgan fingerprint density at radius 2 is 1.76 bits per heavy atom. The highest BCUT2D eigenvalue weighted by molar-refractivity contribution is 6.00. The van der Waals surface area contributed by atoms with Gasteiger partial charge in [-0.15, -0.1) is 5.10 Å². The molecule has 1 saturated carbocycles. The summed E-state index contributed by atoms with van der Waals surface area (Å²) in [6, 6.07) is 5.00. The van der Waals surface area contributed by atoms with Crippen molar-refractivity contribution >= 4 is 17.4 Å². The van der Waals surface area contributed by atoms with E-state index in [2.05, 4.69) is 15.8 Å². The molecule has 1 aliphatic carbocycles. The molecule has 1 aromatic carbocycles. The van der Waals surface area contributed by atoms with E-state index >= 15 is 0 Å². The van der Waals surface area contributed by atoms with Crippen molar-refractivity contribution in [3.8, 4) is 5.75 Å². The van der Waals surface area contributed by atoms with Crippen molar-refractivity contribution < 1.29 is 58.4 Å². The maximum absolute atomic E-state index is 14.4. The number of aliphatic hydroxyl groups excluding tert-OH is 2. The highest BCUT2D eigenvalue weighted by Gasteiger charge is 2.52. The number of carbonyl (C=O) groups excluding carboxylic acids is 2. The van der Waals surface area contributed by atoms with Crippen LogP contribution >= 0.6 is 0 Å². The average molecular weight is 933 g/mol. The number of Topliss-reactive ketones (excluding diaryl/α,β-unsaturated/α-hetero) is 1. The lowest BCUT2D eigenvalue weighted by Gasteiger charge is -2.48. The molecule has 0 amide bonds. The van der Waals surface area contributed by atoms with Crippen LogP contribution in [0.4, 0.5) is 5.69 Å². The van der Waals surface area contributed by atoms with Gasteiger partial charge in [0.15, 0.2) is 12.1 Å². The van der Waals surface area contributed by atoms with Crippen LogP contribution in [0.1, 0.15) is 112 Å². The molecule has 0 radical (unpaired) electrons. The van der Waals surface area contributed by atoms with Gasteiger partial charge in [-0.25, -0.2) is 0 Å². The first-order chi connectivity index (χ1) is 31.2. The van der Waals surface area contributed by atoms with Crippen molar-refractivity contribution in [2.75, 3.05) is 27.3 Å². The van der Waals surface area contributed by atoms with Crippen molar-refractivity contribution in [2.24, 2.45) is 23.7 Å². The molecule has 19 heteroatoms. The number of methoxy groups -OCH3 is 1. The Balaban J connectivity index is 1.31. The van der Waals surface area contributed by atoms with Gasteiger partial charge in [-0.3, -0.25) is 29.2 Å². The molecular formula is C47H76N6O13. The van der Waals surface area contributed by atoms with Gasteiger partial charge in [0.2, 0.25) is 0 Å². The van der Waals surface area contributed by atoms with E-state index in [9.17, 15) is 35.0 Å². The quantitative estimate of drug-likeness (QED) is 0.0559. The van der Waals surface area contributed by atoms with Gasteiger partial charge in [0.25, 0.3) is 5.69 Å². The zero-order valence-corrected chi connectivity index (χ0v) is 40.5. The number of cyclic esters (lactones) is 1. The van der Waals surface area contributed by atoms with Crippen LogP contribution in [0.2, 0.25) is 0 Å². The number of nitro benzene ring substituents is 1. The normalized spacial score (nSPS) is 35.4. The zero-order valence-electron chi connectivity index (χ0n) is 40.5. The summed E-state index contributed by atoms with van der Waals surface area (Å²) in [5.74, 6) is -3.91. The molecule has 0 bridgehead atoms. The Labute approximate surface area is 389 Å². The van der Waals surface area contributed by atoms with Gasteiger partial charge in [0, 0.05) is 75.3 Å². The average Bonchev–Trinajstić information content (AvgIpc) is 4.00. The van der Waals surface area contributed by atoms with Crippen molar-refractivity contribution in [1.29, 1.82) is 0 Å². The van der Waals surface area contributed by atoms with Crippen molar-refractivity contribution in [3.05, 3.63) is 46.3 Å². The Morgan fingerprint density at radius 3 is 2.39 bits per heavy atom. The predicted molar refractivity (Wildman–Crippen MR) is 242 cm³/mol. The van der Waals surface area contributed by atoms with E-state index in [-0.39, 0.29) is 36.7 Å². The Bertz CT molecular complexity index is 1860. The van der Waals surface area contributed by atoms with Gasteiger partial charge in [0.1, 0.15) is 29.5 Å². The molecule has 0 unspecified atom stereocenters. The second-order valence-electron chi connectivity index (χ2n) is 19.5. The second kappa shape index (κ2) is 23.6. The molecule has 4 N–H and O–H groups in total. The molecule has 1 aromatic heterocycles. The van der Waals surface area contributed by atoms with Crippen LogP contribution in [0.5, 0.6) is 5.75 Å². The van der Waals surface area contributed by atoms with E-state index in [1.165, 1.54) is 33.1 Å². The first-order valence-corrected chi connectivity index (χ1v) is 23.8. The fourth-order valence-corrected chi connectivity index (χ4v) is 10.1. The number of aliphatic hydroxyl groups is 3. The topological polar surface area (TPSA) is 239 Å². The third-order valence-electron chi connectivity index (χ3n) is 14.3. The fraction of sp³-hybridized carbons (Fsp3) is 0.787. The highest BCUT2D eigenvalue weighted by Crippen LogP contribution is 2.40. The number of rotatable bonds is 17. The lowest BCUT2D eigenvalue weighted by Crippen LogP contribution is -2.61. The minimum atomic E-state index is -1.86. The summed E-state index contributed by atoms with van der Waals surface area (Å²) in [7, 11) is 3.46. The van der Waals surface area contributed by atoms with Crippen molar-refractivity contribution in [3.63, 3.8) is 0 Å². The van der Waals surface area contributed by atoms with Crippen LogP contribution in [-0.2, 0) is 46.3 Å². The standard InChI is InChI=1S/C47H76N6O13/c1-11-38-47(8,58)42(56)30(4)39(49-66-36-15-12-13-16-36)28(2)26-46(7,61-10)43(31(5)40(54)32(6)44(57)64-38)65-45-41(55)37(25-29(3)63-45)51(9)23-21-33-27-52(50-48-33)22-14-24-62-35-19-17-34(18-20-35)53(59)60/h17-20,27-32,36-39,41-43,45,49,55-56,58H,11-16,21-26H2,1-10H3/t28-,29-,30-,31+,32-,37+,38-,39-,41-,42+,43-,45+,46-,47+/m1/s1. The molecule has 14 atom stereocenters. The van der Waals surface area contributed by atoms with Crippen LogP contribution in [0.3, 0.4) is 0 Å². The number of esters is 1. The Morgan fingerprint density at radius 1 is 1.08 bits per heavy atom. The molecule has 3 heterocycles. The van der Waals surface area contributed by atoms with E-state index in [1.54, 1.807) is 30.7 Å². The first kappa shape index (κ1) is 53.3. The molecular weight excluding hydrogens is 857 g/mol. The SMILES string of the molecule is CC[C@H]1OC(=O)[C@H](C)C(=O)[C@H](C)[C@@H](O[C@@H]2O[C@H](C)C[C@H](N(C)CCc3cn(CCCOc4ccc([N+](=O)[O-])cc4)nn3)[C@H]2O)[C@](C)(OC)C[C@@H](C)[C@@H](NOC2CCCC2)[C@@H](C)[C@H](O)[C@@]1(C)O. The number of hydrogen-bond acceptors (Lipinski definition) is 17. The zero-order chi connectivity index (χ0) is 48.5. The maximum Gasteiger partial charge on any atom is 0.316 e. The first-order valence-electron chi connectivity index (χ1n) is 23.8. The molecule has 5 rings (SSSR count). The number of hydroxylamine groups is 1. The van der Waals surface area contributed by atoms with E-state index in [0.717, 1.165) is 31.4 Å². The number of likely N-dealkylation sites (N-methyl/N-ethyl adjacent to an activating group) is 1. The number of aryl methyl sites for hydroxylation is 1. The molecule has 66 heavy (non-hydrogen) atoms. The van der Waals surface area contributed by atoms with Crippen molar-refractivity contribution in [2.45, 2.75) is 186 Å². The van der Waals surface area contributed by atoms with E-state index in [4.69, 9.17) is 28.5 Å². The van der Waals surface area contributed by atoms with Crippen molar-refractivity contribution in [1.82, 2.24) is 25.4 Å². The number of ketones is 1. The summed E-state index contributed by atoms with van der Waals surface area (Å²) >= 11 is 0. The number of hydrogen-bond donors (Lipinski definition) is 4. The van der Waals surface area contributed by atoms with E-state index < -0.39 is 88.4 Å². The summed E-state index contributed by atoms with van der Waals surface area (Å²) < 4.78 is 32.8. The molecule has 372 valence electrons. The second-order valence-corrected chi connectivity index (χ2v) is 19.5. The van der Waals surface area contributed by atoms with Crippen LogP contribution in [-0.4, -0.2) is 145 Å². The van der Waals surface area contributed by atoms with Crippen LogP contribution in [0.15, 0.2) is 30.5 Å². The summed E-state index contributed by atoms with van der Waals surface area (Å²) in [5, 5.41) is 55.3. The molecule has 2 aromatic rings. The summed E-state index contributed by atoms with van der Waals surface area (Å²) in [6.45, 7) is 15.4. The lowest BCUT2D eigenvalue weighted by atomic mass is 9.72. The van der Waals surface area contributed by atoms with Crippen LogP contribution < -0.4 is 10.2 Å². The minimum absolute atomic E-state index is 0.0000769. The number of aromatic nitrogens is 3. The number of nitrogens with one attached hydrogen (secondary N) is 1. The molecule has 2 saturated heterocycles. The third kappa shape index (κ3) is 13.1. The van der Waals surface area contributed by atoms with E-state index in [0.29, 0.717) is 44.7 Å². The number of carbonyl (C=O) groups is 2. The third-order valence-corrected chi connectivity index (χ3v) is 14.3. The lowest BCUT2D eigenvalue weighted by molar-refractivity contribution is -0.384. The number of nitro groups is 1. The molecule has 3 fully saturated rings. The maximum atomic E-state index is 14.4. The number of ether oxygens (including phenoxy) is 5. The number of benzene rings is 1. The number of nitrogens with zero attached hydrogens (tertiary/aromatic N) is 5. The van der Waals surface area contributed by atoms with Gasteiger partial charge in [-0.2, -0.15) is 5.48 Å². The van der Waals surface area contributed by atoms with Gasteiger partial charge < -0.3 is 43.9 Å². The minimum Gasteiger partial charge on any atom is -0.494 e.